The first-order valence-corrected chi connectivity index (χ1v) is 7.43. The fourth-order valence-electron chi connectivity index (χ4n) is 1.59. The van der Waals surface area contributed by atoms with Crippen molar-refractivity contribution in [1.29, 1.82) is 0 Å². The average molecular weight is 337 g/mol. The maximum absolute atomic E-state index is 11.6. The molecule has 0 fully saturated rings. The molecule has 0 saturated carbocycles. The van der Waals surface area contributed by atoms with Crippen LogP contribution < -0.4 is 16.0 Å². The van der Waals surface area contributed by atoms with E-state index in [1.807, 2.05) is 0 Å². The van der Waals surface area contributed by atoms with Gasteiger partial charge in [0.2, 0.25) is 11.8 Å². The Morgan fingerprint density at radius 2 is 1.74 bits per heavy atom. The molecule has 3 N–H and O–H groups in total. The molecule has 0 aliphatic heterocycles. The maximum atomic E-state index is 11.6. The molecule has 2 amide bonds. The van der Waals surface area contributed by atoms with Gasteiger partial charge in [0.15, 0.2) is 5.11 Å². The van der Waals surface area contributed by atoms with Gasteiger partial charge in [-0.2, -0.15) is 0 Å². The van der Waals surface area contributed by atoms with Gasteiger partial charge in [0.1, 0.15) is 0 Å². The van der Waals surface area contributed by atoms with E-state index in [1.54, 1.807) is 31.2 Å². The van der Waals surface area contributed by atoms with Crippen LogP contribution >= 0.6 is 12.2 Å². The quantitative estimate of drug-likeness (QED) is 0.541. The van der Waals surface area contributed by atoms with Crippen LogP contribution in [0.3, 0.4) is 0 Å². The molecule has 0 aliphatic carbocycles. The Kier molecular flexibility index (Phi) is 7.69. The Labute approximate surface area is 139 Å². The van der Waals surface area contributed by atoms with Crippen LogP contribution in [0, 0.1) is 0 Å². The molecule has 23 heavy (non-hydrogen) atoms. The number of amides is 2. The number of ether oxygens (including phenoxy) is 1. The second kappa shape index (κ2) is 9.52. The molecule has 0 aliphatic rings. The van der Waals surface area contributed by atoms with Crippen LogP contribution in [0.4, 0.5) is 11.4 Å². The SMILES string of the molecule is CCC(=O)Nc1cccc(NC(=S)NC(=O)CCC(=O)OC)c1. The molecule has 7 nitrogen and oxygen atoms in total. The number of carbonyl (C=O) groups is 3. The largest absolute Gasteiger partial charge is 0.469 e. The van der Waals surface area contributed by atoms with E-state index in [2.05, 4.69) is 20.7 Å². The molecule has 0 saturated heterocycles. The van der Waals surface area contributed by atoms with E-state index in [4.69, 9.17) is 12.2 Å². The van der Waals surface area contributed by atoms with Crippen LogP contribution in [-0.4, -0.2) is 30.0 Å². The Morgan fingerprint density at radius 1 is 1.09 bits per heavy atom. The van der Waals surface area contributed by atoms with Crippen molar-refractivity contribution in [1.82, 2.24) is 5.32 Å². The Morgan fingerprint density at radius 3 is 2.35 bits per heavy atom. The molecule has 0 unspecified atom stereocenters. The van der Waals surface area contributed by atoms with E-state index in [0.29, 0.717) is 17.8 Å². The minimum absolute atomic E-state index is 0.0104. The predicted octanol–water partition coefficient (Wildman–Crippen LogP) is 1.80. The van der Waals surface area contributed by atoms with E-state index >= 15 is 0 Å². The second-order valence-electron chi connectivity index (χ2n) is 4.56. The van der Waals surface area contributed by atoms with Gasteiger partial charge >= 0.3 is 5.97 Å². The third kappa shape index (κ3) is 7.37. The third-order valence-corrected chi connectivity index (χ3v) is 2.97. The number of anilines is 2. The highest BCUT2D eigenvalue weighted by Gasteiger charge is 2.09. The van der Waals surface area contributed by atoms with Gasteiger partial charge < -0.3 is 20.7 Å². The zero-order valence-corrected chi connectivity index (χ0v) is 13.8. The number of hydrogen-bond acceptors (Lipinski definition) is 5. The molecule has 1 aromatic carbocycles. The summed E-state index contributed by atoms with van der Waals surface area (Å²) >= 11 is 5.03. The summed E-state index contributed by atoms with van der Waals surface area (Å²) in [5.74, 6) is -0.942. The zero-order chi connectivity index (χ0) is 17.2. The molecule has 0 bridgehead atoms. The Balaban J connectivity index is 2.50. The van der Waals surface area contributed by atoms with Gasteiger partial charge in [0.05, 0.1) is 13.5 Å². The molecule has 0 aromatic heterocycles. The van der Waals surface area contributed by atoms with Crippen LogP contribution in [0.25, 0.3) is 0 Å². The Bertz CT molecular complexity index is 604. The van der Waals surface area contributed by atoms with Crippen molar-refractivity contribution in [3.05, 3.63) is 24.3 Å². The predicted molar refractivity (Wildman–Crippen MR) is 91.0 cm³/mol. The van der Waals surface area contributed by atoms with E-state index in [0.717, 1.165) is 0 Å². The van der Waals surface area contributed by atoms with E-state index < -0.39 is 5.97 Å². The number of hydrogen-bond donors (Lipinski definition) is 3. The van der Waals surface area contributed by atoms with Crippen LogP contribution in [0.5, 0.6) is 0 Å². The van der Waals surface area contributed by atoms with Gasteiger partial charge in [0, 0.05) is 24.2 Å². The van der Waals surface area contributed by atoms with Gasteiger partial charge in [-0.05, 0) is 30.4 Å². The highest BCUT2D eigenvalue weighted by atomic mass is 32.1. The first kappa shape index (κ1) is 18.6. The number of carbonyl (C=O) groups excluding carboxylic acids is 3. The maximum Gasteiger partial charge on any atom is 0.306 e. The lowest BCUT2D eigenvalue weighted by molar-refractivity contribution is -0.142. The molecule has 124 valence electrons. The van der Waals surface area contributed by atoms with Gasteiger partial charge in [0.25, 0.3) is 0 Å². The number of methoxy groups -OCH3 is 1. The fourth-order valence-corrected chi connectivity index (χ4v) is 1.82. The highest BCUT2D eigenvalue weighted by molar-refractivity contribution is 7.80. The van der Waals surface area contributed by atoms with E-state index in [1.165, 1.54) is 7.11 Å². The molecular weight excluding hydrogens is 318 g/mol. The standard InChI is InChI=1S/C15H19N3O4S/c1-3-12(19)16-10-5-4-6-11(9-10)17-15(23)18-13(20)7-8-14(21)22-2/h4-6,9H,3,7-8H2,1-2H3,(H,16,19)(H2,17,18,20,23). The van der Waals surface area contributed by atoms with Crippen molar-refractivity contribution in [3.63, 3.8) is 0 Å². The lowest BCUT2D eigenvalue weighted by Crippen LogP contribution is -2.34. The molecule has 0 radical (unpaired) electrons. The number of thiocarbonyl (C=S) groups is 1. The van der Waals surface area contributed by atoms with Crippen molar-refractivity contribution < 1.29 is 19.1 Å². The number of nitrogens with one attached hydrogen (secondary N) is 3. The number of benzene rings is 1. The smallest absolute Gasteiger partial charge is 0.306 e. The fraction of sp³-hybridized carbons (Fsp3) is 0.333. The lowest BCUT2D eigenvalue weighted by Gasteiger charge is -2.11. The normalized spacial score (nSPS) is 9.65. The van der Waals surface area contributed by atoms with Gasteiger partial charge in [-0.15, -0.1) is 0 Å². The van der Waals surface area contributed by atoms with Gasteiger partial charge in [-0.25, -0.2) is 0 Å². The van der Waals surface area contributed by atoms with Crippen molar-refractivity contribution in [2.75, 3.05) is 17.7 Å². The summed E-state index contributed by atoms with van der Waals surface area (Å²) in [5.41, 5.74) is 1.25. The number of esters is 1. The van der Waals surface area contributed by atoms with Crippen LogP contribution in [-0.2, 0) is 19.1 Å². The van der Waals surface area contributed by atoms with Gasteiger partial charge in [-0.1, -0.05) is 13.0 Å². The molecule has 0 heterocycles. The summed E-state index contributed by atoms with van der Waals surface area (Å²) in [5, 5.41) is 8.14. The zero-order valence-electron chi connectivity index (χ0n) is 13.0. The molecular formula is C15H19N3O4S. The van der Waals surface area contributed by atoms with Crippen molar-refractivity contribution in [2.45, 2.75) is 26.2 Å². The first-order chi connectivity index (χ1) is 10.9. The summed E-state index contributed by atoms with van der Waals surface area (Å²) in [7, 11) is 1.26. The number of rotatable bonds is 6. The highest BCUT2D eigenvalue weighted by Crippen LogP contribution is 2.15. The molecule has 1 rings (SSSR count). The van der Waals surface area contributed by atoms with E-state index in [9.17, 15) is 14.4 Å². The molecule has 1 aromatic rings. The second-order valence-corrected chi connectivity index (χ2v) is 4.97. The molecule has 0 spiro atoms. The summed E-state index contributed by atoms with van der Waals surface area (Å²) in [6, 6.07) is 6.93. The Hall–Kier alpha value is -2.48. The average Bonchev–Trinajstić information content (AvgIpc) is 2.52. The minimum atomic E-state index is -0.460. The van der Waals surface area contributed by atoms with E-state index in [-0.39, 0.29) is 29.8 Å². The summed E-state index contributed by atoms with van der Waals surface area (Å²) < 4.78 is 4.45. The van der Waals surface area contributed by atoms with Crippen LogP contribution in [0.2, 0.25) is 0 Å². The van der Waals surface area contributed by atoms with Crippen LogP contribution in [0.1, 0.15) is 26.2 Å². The topological polar surface area (TPSA) is 96.5 Å². The summed E-state index contributed by atoms with van der Waals surface area (Å²) in [6.07, 6.45) is 0.358. The van der Waals surface area contributed by atoms with Crippen molar-refractivity contribution in [3.8, 4) is 0 Å². The van der Waals surface area contributed by atoms with Crippen molar-refractivity contribution in [2.24, 2.45) is 0 Å². The van der Waals surface area contributed by atoms with Gasteiger partial charge in [-0.3, -0.25) is 14.4 Å². The minimum Gasteiger partial charge on any atom is -0.469 e. The lowest BCUT2D eigenvalue weighted by atomic mass is 10.2. The summed E-state index contributed by atoms with van der Waals surface area (Å²) in [4.78, 5) is 33.9. The third-order valence-electron chi connectivity index (χ3n) is 2.76. The molecule has 0 atom stereocenters. The summed E-state index contributed by atoms with van der Waals surface area (Å²) in [6.45, 7) is 1.76. The monoisotopic (exact) mass is 337 g/mol. The van der Waals surface area contributed by atoms with Crippen molar-refractivity contribution >= 4 is 46.5 Å². The first-order valence-electron chi connectivity index (χ1n) is 7.02. The molecule has 8 heteroatoms. The van der Waals surface area contributed by atoms with Crippen LogP contribution in [0.15, 0.2) is 24.3 Å².